The molecule has 136 valence electrons. The average Bonchev–Trinajstić information content (AvgIpc) is 2.68. The van der Waals surface area contributed by atoms with E-state index in [4.69, 9.17) is 5.11 Å². The van der Waals surface area contributed by atoms with Gasteiger partial charge in [-0.3, -0.25) is 9.59 Å². The molecule has 0 fully saturated rings. The molecule has 0 aromatic heterocycles. The molecule has 2 aromatic carbocycles. The molecule has 0 radical (unpaired) electrons. The average molecular weight is 352 g/mol. The third kappa shape index (κ3) is 4.11. The summed E-state index contributed by atoms with van der Waals surface area (Å²) < 4.78 is 0. The normalized spacial score (nSPS) is 19.3. The number of anilines is 1. The fourth-order valence-corrected chi connectivity index (χ4v) is 3.38. The summed E-state index contributed by atoms with van der Waals surface area (Å²) in [4.78, 5) is 25.3. The predicted octanol–water partition coefficient (Wildman–Crippen LogP) is 2.86. The minimum Gasteiger partial charge on any atom is -0.396 e. The van der Waals surface area contributed by atoms with Gasteiger partial charge >= 0.3 is 0 Å². The van der Waals surface area contributed by atoms with Gasteiger partial charge in [-0.2, -0.15) is 0 Å². The van der Waals surface area contributed by atoms with Gasteiger partial charge < -0.3 is 15.7 Å². The maximum absolute atomic E-state index is 12.9. The number of hydrogen-bond donors (Lipinski definition) is 3. The van der Waals surface area contributed by atoms with Crippen molar-refractivity contribution in [2.75, 3.05) is 18.5 Å². The number of amides is 2. The highest BCUT2D eigenvalue weighted by Gasteiger charge is 2.34. The molecule has 26 heavy (non-hydrogen) atoms. The molecule has 3 N–H and O–H groups in total. The number of aliphatic hydroxyl groups excluding tert-OH is 1. The predicted molar refractivity (Wildman–Crippen MR) is 103 cm³/mol. The highest BCUT2D eigenvalue weighted by molar-refractivity contribution is 6.04. The van der Waals surface area contributed by atoms with E-state index in [0.29, 0.717) is 25.8 Å². The van der Waals surface area contributed by atoms with Gasteiger partial charge in [-0.1, -0.05) is 48.6 Å². The van der Waals surface area contributed by atoms with Gasteiger partial charge in [0.25, 0.3) is 0 Å². The molecule has 0 bridgehead atoms. The van der Waals surface area contributed by atoms with Crippen molar-refractivity contribution < 1.29 is 14.7 Å². The summed E-state index contributed by atoms with van der Waals surface area (Å²) in [5.74, 6) is -1.03. The Hall–Kier alpha value is -2.66. The summed E-state index contributed by atoms with van der Waals surface area (Å²) in [5, 5.41) is 16.7. The quantitative estimate of drug-likeness (QED) is 0.552. The van der Waals surface area contributed by atoms with E-state index in [-0.39, 0.29) is 24.3 Å². The molecule has 2 amide bonds. The lowest BCUT2D eigenvalue weighted by atomic mass is 9.81. The van der Waals surface area contributed by atoms with Crippen LogP contribution in [0.1, 0.15) is 19.3 Å². The van der Waals surface area contributed by atoms with Crippen LogP contribution >= 0.6 is 0 Å². The van der Waals surface area contributed by atoms with E-state index in [1.807, 2.05) is 54.6 Å². The van der Waals surface area contributed by atoms with Crippen LogP contribution in [0.2, 0.25) is 0 Å². The third-order valence-electron chi connectivity index (χ3n) is 4.79. The number of carbonyl (C=O) groups excluding carboxylic acids is 2. The maximum Gasteiger partial charge on any atom is 0.228 e. The molecule has 2 atom stereocenters. The molecule has 5 heteroatoms. The van der Waals surface area contributed by atoms with E-state index in [1.165, 1.54) is 0 Å². The number of carbonyl (C=O) groups is 2. The minimum absolute atomic E-state index is 0.0375. The van der Waals surface area contributed by atoms with Crippen LogP contribution in [0.5, 0.6) is 0 Å². The molecule has 2 aromatic rings. The van der Waals surface area contributed by atoms with E-state index >= 15 is 0 Å². The first-order valence-electron chi connectivity index (χ1n) is 9.03. The van der Waals surface area contributed by atoms with E-state index in [2.05, 4.69) is 10.6 Å². The largest absolute Gasteiger partial charge is 0.396 e. The minimum atomic E-state index is -0.395. The van der Waals surface area contributed by atoms with Gasteiger partial charge in [-0.25, -0.2) is 0 Å². The Bertz CT molecular complexity index is 811. The third-order valence-corrected chi connectivity index (χ3v) is 4.79. The van der Waals surface area contributed by atoms with Crippen molar-refractivity contribution in [3.05, 3.63) is 54.6 Å². The lowest BCUT2D eigenvalue weighted by Crippen LogP contribution is -2.41. The summed E-state index contributed by atoms with van der Waals surface area (Å²) >= 11 is 0. The summed E-state index contributed by atoms with van der Waals surface area (Å²) in [6.45, 7) is 0.461. The second-order valence-corrected chi connectivity index (χ2v) is 6.54. The van der Waals surface area contributed by atoms with Crippen molar-refractivity contribution in [1.29, 1.82) is 0 Å². The summed E-state index contributed by atoms with van der Waals surface area (Å²) in [7, 11) is 0. The molecular formula is C21H24N2O3. The highest BCUT2D eigenvalue weighted by atomic mass is 16.3. The first-order chi connectivity index (χ1) is 12.7. The Morgan fingerprint density at radius 1 is 0.962 bits per heavy atom. The van der Waals surface area contributed by atoms with E-state index in [1.54, 1.807) is 0 Å². The Kier molecular flexibility index (Phi) is 6.02. The van der Waals surface area contributed by atoms with Crippen molar-refractivity contribution in [1.82, 2.24) is 5.32 Å². The topological polar surface area (TPSA) is 78.4 Å². The van der Waals surface area contributed by atoms with Crippen molar-refractivity contribution in [2.24, 2.45) is 11.8 Å². The second-order valence-electron chi connectivity index (χ2n) is 6.54. The Labute approximate surface area is 153 Å². The van der Waals surface area contributed by atoms with Gasteiger partial charge in [0, 0.05) is 24.2 Å². The zero-order valence-electron chi connectivity index (χ0n) is 14.7. The number of hydrogen-bond acceptors (Lipinski definition) is 3. The number of allylic oxidation sites excluding steroid dienone is 2. The van der Waals surface area contributed by atoms with Crippen LogP contribution in [0, 0.1) is 11.8 Å². The second kappa shape index (κ2) is 8.63. The van der Waals surface area contributed by atoms with Gasteiger partial charge in [0.2, 0.25) is 11.8 Å². The van der Waals surface area contributed by atoms with Crippen molar-refractivity contribution >= 4 is 28.3 Å². The molecule has 0 aliphatic heterocycles. The SMILES string of the molecule is O=C(NCCCO)C1CC=CCC1C(=O)Nc1cccc2ccccc12. The van der Waals surface area contributed by atoms with Gasteiger partial charge in [0.1, 0.15) is 0 Å². The summed E-state index contributed by atoms with van der Waals surface area (Å²) in [6, 6.07) is 13.7. The van der Waals surface area contributed by atoms with Crippen molar-refractivity contribution in [3.63, 3.8) is 0 Å². The van der Waals surface area contributed by atoms with Gasteiger partial charge in [-0.05, 0) is 30.7 Å². The lowest BCUT2D eigenvalue weighted by Gasteiger charge is -2.27. The maximum atomic E-state index is 12.9. The molecule has 0 saturated carbocycles. The van der Waals surface area contributed by atoms with Crippen LogP contribution in [0.3, 0.4) is 0 Å². The van der Waals surface area contributed by atoms with Gasteiger partial charge in [0.15, 0.2) is 0 Å². The van der Waals surface area contributed by atoms with Crippen molar-refractivity contribution in [2.45, 2.75) is 19.3 Å². The number of fused-ring (bicyclic) bond motifs is 1. The number of aliphatic hydroxyl groups is 1. The van der Waals surface area contributed by atoms with Crippen molar-refractivity contribution in [3.8, 4) is 0 Å². The molecule has 1 aliphatic rings. The summed E-state index contributed by atoms with van der Waals surface area (Å²) in [5.41, 5.74) is 0.766. The first kappa shape index (κ1) is 18.1. The van der Waals surface area contributed by atoms with Crippen LogP contribution in [0.15, 0.2) is 54.6 Å². The molecule has 0 heterocycles. The van der Waals surface area contributed by atoms with E-state index in [0.717, 1.165) is 16.5 Å². The summed E-state index contributed by atoms with van der Waals surface area (Å²) in [6.07, 6.45) is 5.54. The molecule has 0 spiro atoms. The number of rotatable bonds is 6. The fourth-order valence-electron chi connectivity index (χ4n) is 3.38. The van der Waals surface area contributed by atoms with Crippen LogP contribution in [-0.4, -0.2) is 30.1 Å². The van der Waals surface area contributed by atoms with Gasteiger partial charge in [0.05, 0.1) is 11.8 Å². The molecule has 2 unspecified atom stereocenters. The van der Waals surface area contributed by atoms with Gasteiger partial charge in [-0.15, -0.1) is 0 Å². The standard InChI is InChI=1S/C21H24N2O3/c24-14-6-13-22-20(25)17-10-3-4-11-18(17)21(26)23-19-12-5-8-15-7-1-2-9-16(15)19/h1-5,7-9,12,17-18,24H,6,10-11,13-14H2,(H,22,25)(H,23,26). The molecular weight excluding hydrogens is 328 g/mol. The van der Waals surface area contributed by atoms with E-state index < -0.39 is 5.92 Å². The van der Waals surface area contributed by atoms with E-state index in [9.17, 15) is 9.59 Å². The highest BCUT2D eigenvalue weighted by Crippen LogP contribution is 2.29. The number of benzene rings is 2. The molecule has 3 rings (SSSR count). The first-order valence-corrected chi connectivity index (χ1v) is 9.03. The Balaban J connectivity index is 1.74. The monoisotopic (exact) mass is 352 g/mol. The molecule has 0 saturated heterocycles. The van der Waals surface area contributed by atoms with Crippen LogP contribution in [-0.2, 0) is 9.59 Å². The number of nitrogens with one attached hydrogen (secondary N) is 2. The fraction of sp³-hybridized carbons (Fsp3) is 0.333. The van der Waals surface area contributed by atoms with Crippen LogP contribution in [0.25, 0.3) is 10.8 Å². The zero-order valence-corrected chi connectivity index (χ0v) is 14.7. The molecule has 5 nitrogen and oxygen atoms in total. The van der Waals surface area contributed by atoms with Crippen LogP contribution in [0.4, 0.5) is 5.69 Å². The lowest BCUT2D eigenvalue weighted by molar-refractivity contribution is -0.132. The van der Waals surface area contributed by atoms with Crippen LogP contribution < -0.4 is 10.6 Å². The zero-order chi connectivity index (χ0) is 18.4. The Morgan fingerprint density at radius 3 is 2.42 bits per heavy atom. The molecule has 1 aliphatic carbocycles. The Morgan fingerprint density at radius 2 is 1.65 bits per heavy atom. The smallest absolute Gasteiger partial charge is 0.228 e.